The van der Waals surface area contributed by atoms with Crippen LogP contribution in [0.25, 0.3) is 10.8 Å². The minimum absolute atomic E-state index is 0.619. The normalized spacial score (nSPS) is 24.1. The second-order valence-electron chi connectivity index (χ2n) is 4.80. The second kappa shape index (κ2) is 3.78. The summed E-state index contributed by atoms with van der Waals surface area (Å²) >= 11 is 0. The van der Waals surface area contributed by atoms with Crippen LogP contribution >= 0.6 is 0 Å². The van der Waals surface area contributed by atoms with Gasteiger partial charge in [0.1, 0.15) is 5.82 Å². The van der Waals surface area contributed by atoms with E-state index in [1.807, 2.05) is 6.20 Å². The van der Waals surface area contributed by atoms with Crippen molar-refractivity contribution < 1.29 is 0 Å². The Balaban J connectivity index is 1.91. The molecule has 1 saturated carbocycles. The lowest BCUT2D eigenvalue weighted by molar-refractivity contribution is 0.309. The molecule has 0 unspecified atom stereocenters. The molecular weight excluding hydrogens is 196 g/mol. The zero-order valence-corrected chi connectivity index (χ0v) is 9.48. The van der Waals surface area contributed by atoms with Gasteiger partial charge in [-0.1, -0.05) is 31.2 Å². The maximum atomic E-state index is 4.44. The lowest BCUT2D eigenvalue weighted by atomic mass is 9.82. The van der Waals surface area contributed by atoms with Gasteiger partial charge in [0.25, 0.3) is 0 Å². The summed E-state index contributed by atoms with van der Waals surface area (Å²) in [4.78, 5) is 4.44. The highest BCUT2D eigenvalue weighted by molar-refractivity contribution is 5.91. The molecule has 1 N–H and O–H groups in total. The lowest BCUT2D eigenvalue weighted by Crippen LogP contribution is -2.34. The van der Waals surface area contributed by atoms with Gasteiger partial charge in [-0.05, 0) is 30.2 Å². The van der Waals surface area contributed by atoms with E-state index < -0.39 is 0 Å². The number of nitrogens with one attached hydrogen (secondary N) is 1. The van der Waals surface area contributed by atoms with Gasteiger partial charge in [-0.15, -0.1) is 0 Å². The Hall–Kier alpha value is -1.57. The first-order chi connectivity index (χ1) is 7.83. The van der Waals surface area contributed by atoms with Crippen molar-refractivity contribution in [3.05, 3.63) is 36.5 Å². The SMILES string of the molecule is CC1CC(Nc2nccc3ccccc23)C1. The number of benzene rings is 1. The molecule has 82 valence electrons. The Bertz CT molecular complexity index is 496. The third-order valence-corrected chi connectivity index (χ3v) is 3.39. The third kappa shape index (κ3) is 1.64. The highest BCUT2D eigenvalue weighted by Crippen LogP contribution is 2.30. The number of anilines is 1. The van der Waals surface area contributed by atoms with Crippen molar-refractivity contribution in [1.29, 1.82) is 0 Å². The molecule has 0 amide bonds. The number of fused-ring (bicyclic) bond motifs is 1. The molecule has 0 spiro atoms. The minimum atomic E-state index is 0.619. The van der Waals surface area contributed by atoms with Crippen LogP contribution in [0.2, 0.25) is 0 Å². The number of nitrogens with zero attached hydrogens (tertiary/aromatic N) is 1. The topological polar surface area (TPSA) is 24.9 Å². The summed E-state index contributed by atoms with van der Waals surface area (Å²) in [6.45, 7) is 2.30. The molecule has 1 aliphatic rings. The maximum absolute atomic E-state index is 4.44. The van der Waals surface area contributed by atoms with Crippen molar-refractivity contribution in [2.45, 2.75) is 25.8 Å². The van der Waals surface area contributed by atoms with E-state index in [-0.39, 0.29) is 0 Å². The fourth-order valence-electron chi connectivity index (χ4n) is 2.45. The van der Waals surface area contributed by atoms with Crippen LogP contribution in [0.15, 0.2) is 36.5 Å². The summed E-state index contributed by atoms with van der Waals surface area (Å²) in [6, 6.07) is 11.1. The van der Waals surface area contributed by atoms with Gasteiger partial charge in [0.15, 0.2) is 0 Å². The van der Waals surface area contributed by atoms with Gasteiger partial charge < -0.3 is 5.32 Å². The predicted molar refractivity (Wildman–Crippen MR) is 67.6 cm³/mol. The number of pyridine rings is 1. The van der Waals surface area contributed by atoms with E-state index in [0.717, 1.165) is 11.7 Å². The fraction of sp³-hybridized carbons (Fsp3) is 0.357. The average molecular weight is 212 g/mol. The monoisotopic (exact) mass is 212 g/mol. The molecule has 1 aromatic heterocycles. The first-order valence-electron chi connectivity index (χ1n) is 5.93. The average Bonchev–Trinajstić information content (AvgIpc) is 2.27. The summed E-state index contributed by atoms with van der Waals surface area (Å²) in [6.07, 6.45) is 4.42. The van der Waals surface area contributed by atoms with E-state index in [1.165, 1.54) is 23.6 Å². The van der Waals surface area contributed by atoms with E-state index in [1.54, 1.807) is 0 Å². The van der Waals surface area contributed by atoms with Crippen LogP contribution in [-0.4, -0.2) is 11.0 Å². The molecular formula is C14H16N2. The molecule has 1 aromatic carbocycles. The van der Waals surface area contributed by atoms with Gasteiger partial charge in [-0.25, -0.2) is 4.98 Å². The molecule has 2 heteroatoms. The second-order valence-corrected chi connectivity index (χ2v) is 4.80. The molecule has 2 aromatic rings. The molecule has 0 radical (unpaired) electrons. The molecule has 2 nitrogen and oxygen atoms in total. The Kier molecular flexibility index (Phi) is 2.28. The van der Waals surface area contributed by atoms with Crippen molar-refractivity contribution in [1.82, 2.24) is 4.98 Å². The van der Waals surface area contributed by atoms with Crippen LogP contribution in [0.5, 0.6) is 0 Å². The minimum Gasteiger partial charge on any atom is -0.367 e. The van der Waals surface area contributed by atoms with Gasteiger partial charge in [0.2, 0.25) is 0 Å². The van der Waals surface area contributed by atoms with Crippen LogP contribution < -0.4 is 5.32 Å². The predicted octanol–water partition coefficient (Wildman–Crippen LogP) is 3.45. The van der Waals surface area contributed by atoms with Gasteiger partial charge >= 0.3 is 0 Å². The van der Waals surface area contributed by atoms with Crippen molar-refractivity contribution in [3.63, 3.8) is 0 Å². The molecule has 0 bridgehead atoms. The van der Waals surface area contributed by atoms with Crippen LogP contribution in [-0.2, 0) is 0 Å². The molecule has 0 atom stereocenters. The summed E-state index contributed by atoms with van der Waals surface area (Å²) in [5, 5.41) is 6.02. The van der Waals surface area contributed by atoms with Crippen LogP contribution in [0.3, 0.4) is 0 Å². The van der Waals surface area contributed by atoms with Gasteiger partial charge in [0, 0.05) is 17.6 Å². The van der Waals surface area contributed by atoms with E-state index >= 15 is 0 Å². The molecule has 3 rings (SSSR count). The first kappa shape index (κ1) is 9.64. The molecule has 16 heavy (non-hydrogen) atoms. The fourth-order valence-corrected chi connectivity index (χ4v) is 2.45. The Labute approximate surface area is 95.7 Å². The first-order valence-corrected chi connectivity index (χ1v) is 5.93. The number of hydrogen-bond donors (Lipinski definition) is 1. The van der Waals surface area contributed by atoms with Gasteiger partial charge in [-0.3, -0.25) is 0 Å². The van der Waals surface area contributed by atoms with E-state index in [9.17, 15) is 0 Å². The largest absolute Gasteiger partial charge is 0.367 e. The van der Waals surface area contributed by atoms with Gasteiger partial charge in [0.05, 0.1) is 0 Å². The molecule has 1 heterocycles. The lowest BCUT2D eigenvalue weighted by Gasteiger charge is -2.33. The van der Waals surface area contributed by atoms with Crippen molar-refractivity contribution in [2.24, 2.45) is 5.92 Å². The van der Waals surface area contributed by atoms with Gasteiger partial charge in [-0.2, -0.15) is 0 Å². The van der Waals surface area contributed by atoms with E-state index in [2.05, 4.69) is 47.6 Å². The summed E-state index contributed by atoms with van der Waals surface area (Å²) in [5.74, 6) is 1.91. The molecule has 0 aliphatic heterocycles. The number of hydrogen-bond acceptors (Lipinski definition) is 2. The zero-order valence-electron chi connectivity index (χ0n) is 9.48. The molecule has 1 aliphatic carbocycles. The Morgan fingerprint density at radius 3 is 2.81 bits per heavy atom. The summed E-state index contributed by atoms with van der Waals surface area (Å²) in [5.41, 5.74) is 0. The third-order valence-electron chi connectivity index (χ3n) is 3.39. The highest BCUT2D eigenvalue weighted by atomic mass is 15.0. The highest BCUT2D eigenvalue weighted by Gasteiger charge is 2.25. The summed E-state index contributed by atoms with van der Waals surface area (Å²) < 4.78 is 0. The van der Waals surface area contributed by atoms with E-state index in [4.69, 9.17) is 0 Å². The van der Waals surface area contributed by atoms with Crippen LogP contribution in [0.1, 0.15) is 19.8 Å². The number of rotatable bonds is 2. The smallest absolute Gasteiger partial charge is 0.134 e. The maximum Gasteiger partial charge on any atom is 0.134 e. The summed E-state index contributed by atoms with van der Waals surface area (Å²) in [7, 11) is 0. The standard InChI is InChI=1S/C14H16N2/c1-10-8-12(9-10)16-14-13-5-3-2-4-11(13)6-7-15-14/h2-7,10,12H,8-9H2,1H3,(H,15,16). The van der Waals surface area contributed by atoms with Crippen molar-refractivity contribution in [2.75, 3.05) is 5.32 Å². The van der Waals surface area contributed by atoms with Crippen molar-refractivity contribution in [3.8, 4) is 0 Å². The van der Waals surface area contributed by atoms with E-state index in [0.29, 0.717) is 6.04 Å². The quantitative estimate of drug-likeness (QED) is 0.824. The van der Waals surface area contributed by atoms with Crippen LogP contribution in [0.4, 0.5) is 5.82 Å². The Morgan fingerprint density at radius 2 is 2.00 bits per heavy atom. The molecule has 0 saturated heterocycles. The van der Waals surface area contributed by atoms with Crippen molar-refractivity contribution >= 4 is 16.6 Å². The van der Waals surface area contributed by atoms with Crippen LogP contribution in [0, 0.1) is 5.92 Å². The molecule has 1 fully saturated rings. The Morgan fingerprint density at radius 1 is 1.19 bits per heavy atom. The number of aromatic nitrogens is 1. The zero-order chi connectivity index (χ0) is 11.0.